The molecule has 0 bridgehead atoms. The molecule has 2 aromatic heterocycles. The van der Waals surface area contributed by atoms with Crippen LogP contribution in [-0.2, 0) is 14.2 Å². The Morgan fingerprint density at radius 1 is 0.978 bits per heavy atom. The summed E-state index contributed by atoms with van der Waals surface area (Å²) in [5, 5.41) is 16.9. The van der Waals surface area contributed by atoms with Crippen LogP contribution in [0.1, 0.15) is 60.3 Å². The zero-order valence-corrected chi connectivity index (χ0v) is 24.9. The molecule has 9 nitrogen and oxygen atoms in total. The van der Waals surface area contributed by atoms with E-state index in [9.17, 15) is 18.7 Å². The van der Waals surface area contributed by atoms with Gasteiger partial charge in [0, 0.05) is 42.1 Å². The van der Waals surface area contributed by atoms with Crippen LogP contribution in [0.3, 0.4) is 0 Å². The van der Waals surface area contributed by atoms with E-state index in [0.717, 1.165) is 43.9 Å². The molecule has 7 rings (SSSR count). The molecule has 1 N–H and O–H groups in total. The van der Waals surface area contributed by atoms with Gasteiger partial charge in [0.15, 0.2) is 29.4 Å². The molecule has 2 aliphatic rings. The van der Waals surface area contributed by atoms with E-state index in [2.05, 4.69) is 9.84 Å². The molecular weight excluding hydrogens is 603 g/mol. The number of fused-ring (bicyclic) bond motifs is 2. The van der Waals surface area contributed by atoms with Gasteiger partial charge in [0.2, 0.25) is 11.7 Å². The van der Waals surface area contributed by atoms with Gasteiger partial charge >= 0.3 is 5.97 Å². The van der Waals surface area contributed by atoms with E-state index >= 15 is 4.39 Å². The standard InChI is InChI=1S/C34H30F3N3O6/c1-43-34(42)21-6-8-27(30(37)32(21)41)46-33-23-16-26-20(17-38-40(26)28-4-2-3-11-45-28)14-22(23)29(19-5-7-24(35)25(36)15-19)31(39-33)18-9-12-44-13-10-18/h5-8,14-18,28,41H,2-4,9-13H2,1H3. The van der Waals surface area contributed by atoms with Crippen molar-refractivity contribution in [1.82, 2.24) is 14.8 Å². The molecule has 12 heteroatoms. The summed E-state index contributed by atoms with van der Waals surface area (Å²) in [5.74, 6) is -5.48. The second-order valence-corrected chi connectivity index (χ2v) is 11.4. The third-order valence-corrected chi connectivity index (χ3v) is 8.65. The first-order valence-electron chi connectivity index (χ1n) is 15.1. The van der Waals surface area contributed by atoms with Gasteiger partial charge < -0.3 is 24.1 Å². The minimum Gasteiger partial charge on any atom is -0.504 e. The van der Waals surface area contributed by atoms with Gasteiger partial charge in [0.1, 0.15) is 5.56 Å². The first-order chi connectivity index (χ1) is 22.3. The van der Waals surface area contributed by atoms with Crippen LogP contribution in [0, 0.1) is 17.5 Å². The summed E-state index contributed by atoms with van der Waals surface area (Å²) in [5.41, 5.74) is 1.90. The largest absolute Gasteiger partial charge is 0.504 e. The third-order valence-electron chi connectivity index (χ3n) is 8.65. The number of halogens is 3. The highest BCUT2D eigenvalue weighted by molar-refractivity contribution is 6.07. The third kappa shape index (κ3) is 5.31. The van der Waals surface area contributed by atoms with E-state index < -0.39 is 29.2 Å². The number of benzene rings is 3. The van der Waals surface area contributed by atoms with Crippen molar-refractivity contribution >= 4 is 27.6 Å². The number of methoxy groups -OCH3 is 1. The number of aromatic hydroxyl groups is 1. The molecule has 2 fully saturated rings. The smallest absolute Gasteiger partial charge is 0.341 e. The number of ether oxygens (including phenoxy) is 4. The Bertz CT molecular complexity index is 1970. The molecule has 1 atom stereocenters. The molecular formula is C34H30F3N3O6. The number of carbonyl (C=O) groups is 1. The van der Waals surface area contributed by atoms with Crippen molar-refractivity contribution in [2.24, 2.45) is 0 Å². The Morgan fingerprint density at radius 3 is 2.54 bits per heavy atom. The maximum Gasteiger partial charge on any atom is 0.341 e. The Balaban J connectivity index is 1.49. The van der Waals surface area contributed by atoms with Gasteiger partial charge in [-0.15, -0.1) is 0 Å². The number of hydrogen-bond acceptors (Lipinski definition) is 8. The Hall–Kier alpha value is -4.68. The van der Waals surface area contributed by atoms with Gasteiger partial charge in [-0.05, 0) is 79.5 Å². The number of phenols is 1. The molecule has 0 aliphatic carbocycles. The number of esters is 1. The monoisotopic (exact) mass is 633 g/mol. The Kier molecular flexibility index (Phi) is 7.99. The molecule has 0 spiro atoms. The summed E-state index contributed by atoms with van der Waals surface area (Å²) in [7, 11) is 1.12. The number of carbonyl (C=O) groups excluding carboxylic acids is 1. The molecule has 3 aromatic carbocycles. The van der Waals surface area contributed by atoms with E-state index in [1.54, 1.807) is 10.9 Å². The van der Waals surface area contributed by atoms with Gasteiger partial charge in [-0.1, -0.05) is 6.07 Å². The predicted octanol–water partition coefficient (Wildman–Crippen LogP) is 7.55. The number of nitrogens with zero attached hydrogens (tertiary/aromatic N) is 3. The van der Waals surface area contributed by atoms with E-state index in [0.29, 0.717) is 65.8 Å². The predicted molar refractivity (Wildman–Crippen MR) is 161 cm³/mol. The van der Waals surface area contributed by atoms with Crippen molar-refractivity contribution in [3.05, 3.63) is 77.4 Å². The maximum absolute atomic E-state index is 15.5. The lowest BCUT2D eigenvalue weighted by atomic mass is 9.87. The van der Waals surface area contributed by atoms with Gasteiger partial charge in [-0.2, -0.15) is 9.49 Å². The van der Waals surface area contributed by atoms with Gasteiger partial charge in [-0.25, -0.2) is 23.2 Å². The number of aromatic nitrogens is 3. The fraction of sp³-hybridized carbons (Fsp3) is 0.324. The highest BCUT2D eigenvalue weighted by Crippen LogP contribution is 2.45. The quantitative estimate of drug-likeness (QED) is 0.191. The van der Waals surface area contributed by atoms with Crippen molar-refractivity contribution in [1.29, 1.82) is 0 Å². The average molecular weight is 634 g/mol. The Labute approximate surface area is 261 Å². The van der Waals surface area contributed by atoms with Crippen molar-refractivity contribution in [2.75, 3.05) is 26.9 Å². The topological polar surface area (TPSA) is 105 Å². The van der Waals surface area contributed by atoms with Gasteiger partial charge in [0.05, 0.1) is 24.5 Å². The number of rotatable bonds is 6. The summed E-state index contributed by atoms with van der Waals surface area (Å²) in [6, 6.07) is 9.84. The van der Waals surface area contributed by atoms with E-state index in [4.69, 9.17) is 19.2 Å². The molecule has 2 aliphatic heterocycles. The van der Waals surface area contributed by atoms with Crippen molar-refractivity contribution < 1.29 is 42.0 Å². The van der Waals surface area contributed by atoms with Crippen LogP contribution in [0.5, 0.6) is 17.4 Å². The zero-order chi connectivity index (χ0) is 31.9. The normalized spacial score (nSPS) is 17.4. The van der Waals surface area contributed by atoms with Crippen LogP contribution in [0.4, 0.5) is 13.2 Å². The summed E-state index contributed by atoms with van der Waals surface area (Å²) in [4.78, 5) is 17.0. The number of phenolic OH excluding ortho intramolecular Hbond substituents is 1. The minimum absolute atomic E-state index is 0.0196. The van der Waals surface area contributed by atoms with Crippen molar-refractivity contribution in [3.8, 4) is 28.5 Å². The van der Waals surface area contributed by atoms with Crippen molar-refractivity contribution in [2.45, 2.75) is 44.2 Å². The van der Waals surface area contributed by atoms with Crippen LogP contribution >= 0.6 is 0 Å². The van der Waals surface area contributed by atoms with Crippen LogP contribution in [0.2, 0.25) is 0 Å². The Morgan fingerprint density at radius 2 is 1.80 bits per heavy atom. The molecule has 5 aromatic rings. The van der Waals surface area contributed by atoms with Crippen molar-refractivity contribution in [3.63, 3.8) is 0 Å². The molecule has 0 radical (unpaired) electrons. The molecule has 0 saturated carbocycles. The van der Waals surface area contributed by atoms with Gasteiger partial charge in [0.25, 0.3) is 0 Å². The lowest BCUT2D eigenvalue weighted by Gasteiger charge is -2.26. The molecule has 46 heavy (non-hydrogen) atoms. The summed E-state index contributed by atoms with van der Waals surface area (Å²) >= 11 is 0. The van der Waals surface area contributed by atoms with Crippen LogP contribution < -0.4 is 4.74 Å². The second-order valence-electron chi connectivity index (χ2n) is 11.4. The second kappa shape index (κ2) is 12.3. The average Bonchev–Trinajstić information content (AvgIpc) is 3.50. The summed E-state index contributed by atoms with van der Waals surface area (Å²) in [6.07, 6.45) is 5.37. The first kappa shape index (κ1) is 30.0. The fourth-order valence-electron chi connectivity index (χ4n) is 6.29. The lowest BCUT2D eigenvalue weighted by molar-refractivity contribution is -0.0366. The molecule has 2 saturated heterocycles. The maximum atomic E-state index is 15.5. The van der Waals surface area contributed by atoms with Crippen LogP contribution in [-0.4, -0.2) is 52.8 Å². The van der Waals surface area contributed by atoms with E-state index in [1.807, 2.05) is 12.1 Å². The highest BCUT2D eigenvalue weighted by Gasteiger charge is 2.28. The van der Waals surface area contributed by atoms with E-state index in [1.165, 1.54) is 18.2 Å². The summed E-state index contributed by atoms with van der Waals surface area (Å²) < 4.78 is 68.5. The molecule has 4 heterocycles. The SMILES string of the molecule is COC(=O)c1ccc(Oc2nc(C3CCOCC3)c(-c3ccc(F)c(F)c3)c3cc4cnn(C5CCCCO5)c4cc23)c(F)c1O. The van der Waals surface area contributed by atoms with E-state index in [-0.39, 0.29) is 29.3 Å². The molecule has 238 valence electrons. The fourth-order valence-corrected chi connectivity index (χ4v) is 6.29. The van der Waals surface area contributed by atoms with Crippen LogP contribution in [0.15, 0.2) is 48.7 Å². The number of pyridine rings is 1. The highest BCUT2D eigenvalue weighted by atomic mass is 19.2. The van der Waals surface area contributed by atoms with Gasteiger partial charge in [-0.3, -0.25) is 0 Å². The first-order valence-corrected chi connectivity index (χ1v) is 15.1. The zero-order valence-electron chi connectivity index (χ0n) is 24.9. The van der Waals surface area contributed by atoms with Crippen LogP contribution in [0.25, 0.3) is 32.8 Å². The minimum atomic E-state index is -1.17. The molecule has 1 unspecified atom stereocenters. The summed E-state index contributed by atoms with van der Waals surface area (Å²) in [6.45, 7) is 1.56. The lowest BCUT2D eigenvalue weighted by Crippen LogP contribution is -2.19. The number of hydrogen-bond donors (Lipinski definition) is 1. The molecule has 0 amide bonds.